The van der Waals surface area contributed by atoms with E-state index in [-0.39, 0.29) is 26.4 Å². The van der Waals surface area contributed by atoms with E-state index in [2.05, 4.69) is 13.2 Å². The molecule has 0 aliphatic heterocycles. The van der Waals surface area contributed by atoms with Gasteiger partial charge in [0.05, 0.1) is 26.4 Å². The summed E-state index contributed by atoms with van der Waals surface area (Å²) in [7, 11) is -8.23. The lowest BCUT2D eigenvalue weighted by molar-refractivity contribution is 0.109. The van der Waals surface area contributed by atoms with Crippen LogP contribution in [0.4, 0.5) is 0 Å². The highest BCUT2D eigenvalue weighted by atomic mass is 31.3. The van der Waals surface area contributed by atoms with E-state index >= 15 is 0 Å². The third-order valence-electron chi connectivity index (χ3n) is 3.25. The Morgan fingerprint density at radius 2 is 1.04 bits per heavy atom. The fourth-order valence-corrected chi connectivity index (χ4v) is 4.81. The number of hydrogen-bond donors (Lipinski definition) is 0. The summed E-state index contributed by atoms with van der Waals surface area (Å²) in [6.07, 6.45) is 3.95. The molecule has 0 heterocycles. The number of unbranched alkanes of at least 4 members (excludes halogenated alkanes) is 2. The molecule has 0 aromatic carbocycles. The highest BCUT2D eigenvalue weighted by molar-refractivity contribution is 7.62. The molecule has 0 saturated carbocycles. The van der Waals surface area contributed by atoms with Gasteiger partial charge in [-0.15, -0.1) is 13.2 Å². The van der Waals surface area contributed by atoms with Gasteiger partial charge in [-0.25, -0.2) is 9.13 Å². The van der Waals surface area contributed by atoms with Crippen molar-refractivity contribution in [3.8, 4) is 0 Å². The van der Waals surface area contributed by atoms with E-state index < -0.39 is 15.6 Å². The second-order valence-corrected chi connectivity index (χ2v) is 9.91. The minimum absolute atomic E-state index is 0.0689. The van der Waals surface area contributed by atoms with Crippen LogP contribution < -0.4 is 0 Å². The van der Waals surface area contributed by atoms with Crippen LogP contribution in [0.1, 0.15) is 66.2 Å². The van der Waals surface area contributed by atoms with Crippen molar-refractivity contribution in [1.82, 2.24) is 0 Å². The molecule has 7 nitrogen and oxygen atoms in total. The first-order valence-electron chi connectivity index (χ1n) is 9.44. The Balaban J connectivity index is 5.13. The summed E-state index contributed by atoms with van der Waals surface area (Å²) in [6, 6.07) is 0. The lowest BCUT2D eigenvalue weighted by atomic mass is 10.3. The first kappa shape index (κ1) is 26.7. The van der Waals surface area contributed by atoms with Gasteiger partial charge in [-0.3, -0.25) is 18.1 Å². The lowest BCUT2D eigenvalue weighted by Crippen LogP contribution is -2.07. The van der Waals surface area contributed by atoms with Crippen LogP contribution in [0.15, 0.2) is 24.3 Å². The van der Waals surface area contributed by atoms with Crippen LogP contribution in [0.25, 0.3) is 0 Å². The molecule has 0 spiro atoms. The van der Waals surface area contributed by atoms with Crippen LogP contribution in [0, 0.1) is 0 Å². The first-order chi connectivity index (χ1) is 12.7. The Morgan fingerprint density at radius 1 is 0.704 bits per heavy atom. The highest BCUT2D eigenvalue weighted by Crippen LogP contribution is 2.66. The second-order valence-electron chi connectivity index (χ2n) is 6.43. The maximum absolute atomic E-state index is 13.0. The van der Waals surface area contributed by atoms with Gasteiger partial charge in [-0.05, 0) is 39.5 Å². The van der Waals surface area contributed by atoms with Crippen molar-refractivity contribution in [3.05, 3.63) is 24.3 Å². The smallest absolute Gasteiger partial charge is 0.287 e. The minimum Gasteiger partial charge on any atom is -0.287 e. The average Bonchev–Trinajstić information content (AvgIpc) is 2.54. The van der Waals surface area contributed by atoms with Crippen molar-refractivity contribution < 1.29 is 31.5 Å². The van der Waals surface area contributed by atoms with E-state index in [1.165, 1.54) is 0 Å². The summed E-state index contributed by atoms with van der Waals surface area (Å²) in [6.45, 7) is 15.6. The van der Waals surface area contributed by atoms with Crippen molar-refractivity contribution in [1.29, 1.82) is 0 Å². The normalized spacial score (nSPS) is 15.9. The fourth-order valence-electron chi connectivity index (χ4n) is 1.60. The van der Waals surface area contributed by atoms with Gasteiger partial charge in [0.15, 0.2) is 0 Å². The van der Waals surface area contributed by atoms with Gasteiger partial charge in [0, 0.05) is 0 Å². The number of hydrogen-bond acceptors (Lipinski definition) is 7. The molecule has 9 heteroatoms. The zero-order chi connectivity index (χ0) is 20.8. The van der Waals surface area contributed by atoms with Crippen LogP contribution >= 0.6 is 15.6 Å². The lowest BCUT2D eigenvalue weighted by Gasteiger charge is -2.23. The Hall–Kier alpha value is -0.260. The second kappa shape index (κ2) is 14.7. The molecule has 0 aromatic heterocycles. The van der Waals surface area contributed by atoms with E-state index in [4.69, 9.17) is 22.4 Å². The number of phosphoric acid groups is 2. The molecule has 0 amide bonds. The van der Waals surface area contributed by atoms with Crippen LogP contribution in [-0.2, 0) is 31.5 Å². The molecule has 160 valence electrons. The summed E-state index contributed by atoms with van der Waals surface area (Å²) in [5, 5.41) is 0. The fraction of sp³-hybridized carbons (Fsp3) is 0.778. The Labute approximate surface area is 164 Å². The maximum Gasteiger partial charge on any atom is 0.483 e. The zero-order valence-electron chi connectivity index (χ0n) is 17.2. The van der Waals surface area contributed by atoms with Crippen molar-refractivity contribution in [3.63, 3.8) is 0 Å². The predicted molar refractivity (Wildman–Crippen MR) is 109 cm³/mol. The summed E-state index contributed by atoms with van der Waals surface area (Å²) < 4.78 is 52.4. The quantitative estimate of drug-likeness (QED) is 0.135. The number of rotatable bonds is 18. The van der Waals surface area contributed by atoms with E-state index in [1.54, 1.807) is 0 Å². The molecule has 2 unspecified atom stereocenters. The molecule has 0 N–H and O–H groups in total. The zero-order valence-corrected chi connectivity index (χ0v) is 19.0. The molecule has 0 fully saturated rings. The standard InChI is InChI=1S/C18H36O7P2/c1-7-9-13-21-26(19,23-15-11-17(3)4)25-27(20,22-14-10-8-2)24-16-12-18(5)6/h3,5,7-16H2,1-2,4,6H3. The van der Waals surface area contributed by atoms with Gasteiger partial charge < -0.3 is 0 Å². The largest absolute Gasteiger partial charge is 0.483 e. The van der Waals surface area contributed by atoms with E-state index in [1.807, 2.05) is 27.7 Å². The molecule has 0 aliphatic rings. The van der Waals surface area contributed by atoms with E-state index in [9.17, 15) is 9.13 Å². The van der Waals surface area contributed by atoms with Crippen molar-refractivity contribution in [2.24, 2.45) is 0 Å². The molecule has 0 saturated heterocycles. The van der Waals surface area contributed by atoms with Gasteiger partial charge in [0.2, 0.25) is 0 Å². The Bertz CT molecular complexity index is 488. The van der Waals surface area contributed by atoms with E-state index in [0.717, 1.165) is 24.0 Å². The Morgan fingerprint density at radius 3 is 1.33 bits per heavy atom. The highest BCUT2D eigenvalue weighted by Gasteiger charge is 2.40. The van der Waals surface area contributed by atoms with Crippen LogP contribution in [0.3, 0.4) is 0 Å². The van der Waals surface area contributed by atoms with Gasteiger partial charge >= 0.3 is 15.6 Å². The molecule has 0 bridgehead atoms. The molecule has 0 radical (unpaired) electrons. The van der Waals surface area contributed by atoms with Gasteiger partial charge in [-0.1, -0.05) is 37.8 Å². The van der Waals surface area contributed by atoms with Gasteiger partial charge in [-0.2, -0.15) is 4.31 Å². The molecule has 2 atom stereocenters. The summed E-state index contributed by atoms with van der Waals surface area (Å²) in [4.78, 5) is 0. The predicted octanol–water partition coefficient (Wildman–Crippen LogP) is 6.82. The molecule has 0 aromatic rings. The van der Waals surface area contributed by atoms with Crippen LogP contribution in [-0.4, -0.2) is 26.4 Å². The Kier molecular flexibility index (Phi) is 14.6. The molecule has 27 heavy (non-hydrogen) atoms. The van der Waals surface area contributed by atoms with Crippen molar-refractivity contribution >= 4 is 15.6 Å². The number of phosphoric ester groups is 2. The first-order valence-corrected chi connectivity index (χ1v) is 12.4. The van der Waals surface area contributed by atoms with Crippen LogP contribution in [0.5, 0.6) is 0 Å². The topological polar surface area (TPSA) is 80.3 Å². The summed E-state index contributed by atoms with van der Waals surface area (Å²) >= 11 is 0. The van der Waals surface area contributed by atoms with Crippen molar-refractivity contribution in [2.75, 3.05) is 26.4 Å². The average molecular weight is 426 g/mol. The maximum atomic E-state index is 13.0. The molecule has 0 aliphatic carbocycles. The third kappa shape index (κ3) is 14.4. The third-order valence-corrected chi connectivity index (χ3v) is 6.85. The van der Waals surface area contributed by atoms with Gasteiger partial charge in [0.25, 0.3) is 0 Å². The molecular formula is C18H36O7P2. The summed E-state index contributed by atoms with van der Waals surface area (Å²) in [5.41, 5.74) is 1.71. The van der Waals surface area contributed by atoms with Crippen molar-refractivity contribution in [2.45, 2.75) is 66.2 Å². The molecule has 0 rings (SSSR count). The van der Waals surface area contributed by atoms with Crippen LogP contribution in [0.2, 0.25) is 0 Å². The minimum atomic E-state index is -4.12. The van der Waals surface area contributed by atoms with E-state index in [0.29, 0.717) is 25.7 Å². The molecular weight excluding hydrogens is 390 g/mol. The SMILES string of the molecule is C=C(C)CCOP(=O)(OCCCC)OP(=O)(OCCCC)OCCC(=C)C. The monoisotopic (exact) mass is 426 g/mol. The summed E-state index contributed by atoms with van der Waals surface area (Å²) in [5.74, 6) is 0. The van der Waals surface area contributed by atoms with Gasteiger partial charge in [0.1, 0.15) is 0 Å².